The van der Waals surface area contributed by atoms with Crippen molar-refractivity contribution in [1.29, 1.82) is 0 Å². The van der Waals surface area contributed by atoms with Gasteiger partial charge < -0.3 is 15.8 Å². The molecule has 4 heteroatoms. The maximum Gasteiger partial charge on any atom is 0.248 e. The standard InChI is InChI=1S/C20H24N2O2/c1-20(21,15-7-3-2-4-8-15)19(23)22-16-11-13-18(14-12-16)24-17-9-5-6-10-17/h2-4,7-8,11-14,17H,5-6,9-10,21H2,1H3,(H,22,23). The molecule has 0 radical (unpaired) electrons. The number of ether oxygens (including phenoxy) is 1. The molecule has 3 N–H and O–H groups in total. The quantitative estimate of drug-likeness (QED) is 0.879. The molecular weight excluding hydrogens is 300 g/mol. The lowest BCUT2D eigenvalue weighted by Gasteiger charge is -2.24. The minimum Gasteiger partial charge on any atom is -0.490 e. The van der Waals surface area contributed by atoms with Crippen LogP contribution in [0.1, 0.15) is 38.2 Å². The molecule has 3 rings (SSSR count). The predicted molar refractivity (Wildman–Crippen MR) is 95.9 cm³/mol. The molecule has 1 saturated carbocycles. The number of hydrogen-bond acceptors (Lipinski definition) is 3. The Kier molecular flexibility index (Phi) is 4.86. The topological polar surface area (TPSA) is 64.4 Å². The molecule has 0 bridgehead atoms. The van der Waals surface area contributed by atoms with Gasteiger partial charge in [-0.25, -0.2) is 0 Å². The van der Waals surface area contributed by atoms with Crippen molar-refractivity contribution in [1.82, 2.24) is 0 Å². The third kappa shape index (κ3) is 3.77. The van der Waals surface area contributed by atoms with Crippen LogP contribution in [-0.4, -0.2) is 12.0 Å². The van der Waals surface area contributed by atoms with Crippen molar-refractivity contribution >= 4 is 11.6 Å². The van der Waals surface area contributed by atoms with Gasteiger partial charge in [-0.15, -0.1) is 0 Å². The molecule has 1 fully saturated rings. The van der Waals surface area contributed by atoms with Crippen LogP contribution in [0.3, 0.4) is 0 Å². The highest BCUT2D eigenvalue weighted by Crippen LogP contribution is 2.26. The van der Waals surface area contributed by atoms with Gasteiger partial charge in [-0.2, -0.15) is 0 Å². The van der Waals surface area contributed by atoms with Crippen LogP contribution in [0.25, 0.3) is 0 Å². The number of anilines is 1. The number of carbonyl (C=O) groups is 1. The summed E-state index contributed by atoms with van der Waals surface area (Å²) >= 11 is 0. The van der Waals surface area contributed by atoms with E-state index in [-0.39, 0.29) is 5.91 Å². The van der Waals surface area contributed by atoms with E-state index < -0.39 is 5.54 Å². The van der Waals surface area contributed by atoms with Crippen molar-refractivity contribution in [2.45, 2.75) is 44.2 Å². The number of nitrogens with one attached hydrogen (secondary N) is 1. The Bertz CT molecular complexity index is 675. The molecule has 0 spiro atoms. The lowest BCUT2D eigenvalue weighted by atomic mass is 9.92. The first-order valence-corrected chi connectivity index (χ1v) is 8.48. The van der Waals surface area contributed by atoms with E-state index in [0.29, 0.717) is 11.8 Å². The van der Waals surface area contributed by atoms with Gasteiger partial charge >= 0.3 is 0 Å². The monoisotopic (exact) mass is 324 g/mol. The fourth-order valence-electron chi connectivity index (χ4n) is 2.99. The smallest absolute Gasteiger partial charge is 0.248 e. The molecule has 0 saturated heterocycles. The number of nitrogens with two attached hydrogens (primary N) is 1. The van der Waals surface area contributed by atoms with Gasteiger partial charge in [-0.05, 0) is 62.4 Å². The molecular formula is C20H24N2O2. The molecule has 1 aliphatic carbocycles. The van der Waals surface area contributed by atoms with E-state index in [4.69, 9.17) is 10.5 Å². The van der Waals surface area contributed by atoms with Crippen molar-refractivity contribution in [2.24, 2.45) is 5.73 Å². The largest absolute Gasteiger partial charge is 0.490 e. The molecule has 24 heavy (non-hydrogen) atoms. The third-order valence-corrected chi connectivity index (χ3v) is 4.56. The van der Waals surface area contributed by atoms with Crippen molar-refractivity contribution in [3.63, 3.8) is 0 Å². The van der Waals surface area contributed by atoms with Gasteiger partial charge in [0.05, 0.1) is 6.10 Å². The molecule has 1 aliphatic rings. The Hall–Kier alpha value is -2.33. The summed E-state index contributed by atoms with van der Waals surface area (Å²) in [7, 11) is 0. The average Bonchev–Trinajstić information content (AvgIpc) is 3.10. The van der Waals surface area contributed by atoms with Crippen LogP contribution in [0, 0.1) is 0 Å². The first kappa shape index (κ1) is 16.5. The highest BCUT2D eigenvalue weighted by atomic mass is 16.5. The highest BCUT2D eigenvalue weighted by molar-refractivity contribution is 5.98. The number of rotatable bonds is 5. The summed E-state index contributed by atoms with van der Waals surface area (Å²) in [6, 6.07) is 16.9. The van der Waals surface area contributed by atoms with E-state index in [9.17, 15) is 4.79 Å². The zero-order chi connectivity index (χ0) is 17.0. The molecule has 2 aromatic carbocycles. The molecule has 4 nitrogen and oxygen atoms in total. The average molecular weight is 324 g/mol. The van der Waals surface area contributed by atoms with Gasteiger partial charge in [0.15, 0.2) is 0 Å². The maximum absolute atomic E-state index is 12.5. The van der Waals surface area contributed by atoms with Gasteiger partial charge in [0.25, 0.3) is 0 Å². The summed E-state index contributed by atoms with van der Waals surface area (Å²) in [6.07, 6.45) is 5.07. The van der Waals surface area contributed by atoms with Crippen molar-refractivity contribution in [3.05, 3.63) is 60.2 Å². The minimum absolute atomic E-state index is 0.238. The van der Waals surface area contributed by atoms with E-state index in [1.54, 1.807) is 6.92 Å². The molecule has 2 aromatic rings. The van der Waals surface area contributed by atoms with Crippen LogP contribution >= 0.6 is 0 Å². The van der Waals surface area contributed by atoms with E-state index in [2.05, 4.69) is 5.32 Å². The van der Waals surface area contributed by atoms with Crippen LogP contribution < -0.4 is 15.8 Å². The van der Waals surface area contributed by atoms with E-state index in [1.807, 2.05) is 54.6 Å². The van der Waals surface area contributed by atoms with Gasteiger partial charge in [-0.3, -0.25) is 4.79 Å². The predicted octanol–water partition coefficient (Wildman–Crippen LogP) is 3.82. The van der Waals surface area contributed by atoms with Crippen molar-refractivity contribution in [2.75, 3.05) is 5.32 Å². The Labute approximate surface area is 143 Å². The van der Waals surface area contributed by atoms with Crippen LogP contribution in [0.15, 0.2) is 54.6 Å². The second-order valence-electron chi connectivity index (χ2n) is 6.57. The Balaban J connectivity index is 1.63. The molecule has 1 atom stereocenters. The van der Waals surface area contributed by atoms with Gasteiger partial charge in [-0.1, -0.05) is 30.3 Å². The van der Waals surface area contributed by atoms with Gasteiger partial charge in [0.2, 0.25) is 5.91 Å². The summed E-state index contributed by atoms with van der Waals surface area (Å²) in [5.41, 5.74) is 6.64. The van der Waals surface area contributed by atoms with Crippen molar-refractivity contribution in [3.8, 4) is 5.75 Å². The molecule has 0 aromatic heterocycles. The van der Waals surface area contributed by atoms with E-state index in [1.165, 1.54) is 12.8 Å². The fraction of sp³-hybridized carbons (Fsp3) is 0.350. The summed E-state index contributed by atoms with van der Waals surface area (Å²) in [6.45, 7) is 1.72. The first-order chi connectivity index (χ1) is 11.6. The number of amides is 1. The summed E-state index contributed by atoms with van der Waals surface area (Å²) in [5.74, 6) is 0.608. The third-order valence-electron chi connectivity index (χ3n) is 4.56. The second-order valence-corrected chi connectivity index (χ2v) is 6.57. The van der Waals surface area contributed by atoms with Crippen LogP contribution in [0.2, 0.25) is 0 Å². The van der Waals surface area contributed by atoms with Crippen LogP contribution in [0.4, 0.5) is 5.69 Å². The Morgan fingerprint density at radius 3 is 2.33 bits per heavy atom. The number of carbonyl (C=O) groups excluding carboxylic acids is 1. The lowest BCUT2D eigenvalue weighted by molar-refractivity contribution is -0.120. The zero-order valence-electron chi connectivity index (χ0n) is 14.0. The summed E-state index contributed by atoms with van der Waals surface area (Å²) in [5, 5.41) is 2.88. The Morgan fingerprint density at radius 2 is 1.71 bits per heavy atom. The van der Waals surface area contributed by atoms with Gasteiger partial charge in [0.1, 0.15) is 11.3 Å². The summed E-state index contributed by atoms with van der Waals surface area (Å²) < 4.78 is 5.93. The molecule has 0 heterocycles. The first-order valence-electron chi connectivity index (χ1n) is 8.48. The van der Waals surface area contributed by atoms with Crippen LogP contribution in [0.5, 0.6) is 5.75 Å². The van der Waals surface area contributed by atoms with Gasteiger partial charge in [0, 0.05) is 5.69 Å². The Morgan fingerprint density at radius 1 is 1.08 bits per heavy atom. The molecule has 0 aliphatic heterocycles. The number of benzene rings is 2. The molecule has 126 valence electrons. The van der Waals surface area contributed by atoms with E-state index in [0.717, 1.165) is 24.2 Å². The SMILES string of the molecule is CC(N)(C(=O)Nc1ccc(OC2CCCC2)cc1)c1ccccc1. The highest BCUT2D eigenvalue weighted by Gasteiger charge is 2.30. The minimum atomic E-state index is -1.08. The molecule has 1 amide bonds. The second kappa shape index (κ2) is 7.05. The zero-order valence-corrected chi connectivity index (χ0v) is 14.0. The van der Waals surface area contributed by atoms with E-state index >= 15 is 0 Å². The summed E-state index contributed by atoms with van der Waals surface area (Å²) in [4.78, 5) is 12.5. The maximum atomic E-state index is 12.5. The van der Waals surface area contributed by atoms with Crippen molar-refractivity contribution < 1.29 is 9.53 Å². The molecule has 1 unspecified atom stereocenters. The normalized spacial score (nSPS) is 17.2. The lowest BCUT2D eigenvalue weighted by Crippen LogP contribution is -2.45. The number of hydrogen-bond donors (Lipinski definition) is 2. The fourth-order valence-corrected chi connectivity index (χ4v) is 2.99. The van der Waals surface area contributed by atoms with Crippen LogP contribution in [-0.2, 0) is 10.3 Å².